The fraction of sp³-hybridized carbons (Fsp3) is 0.700. The molecule has 140 valence electrons. The molecule has 2 atom stereocenters. The van der Waals surface area contributed by atoms with Crippen LogP contribution in [0.25, 0.3) is 0 Å². The number of hydrogen-bond acceptors (Lipinski definition) is 3. The Kier molecular flexibility index (Phi) is 6.44. The summed E-state index contributed by atoms with van der Waals surface area (Å²) in [5.41, 5.74) is 2.75. The van der Waals surface area contributed by atoms with Gasteiger partial charge in [-0.3, -0.25) is 0 Å². The first-order chi connectivity index (χ1) is 11.7. The van der Waals surface area contributed by atoms with Gasteiger partial charge in [-0.25, -0.2) is 9.97 Å². The van der Waals surface area contributed by atoms with Gasteiger partial charge in [-0.05, 0) is 23.7 Å². The van der Waals surface area contributed by atoms with Gasteiger partial charge in [0.2, 0.25) is 0 Å². The van der Waals surface area contributed by atoms with Gasteiger partial charge in [0.1, 0.15) is 0 Å². The summed E-state index contributed by atoms with van der Waals surface area (Å²) in [7, 11) is 0. The van der Waals surface area contributed by atoms with Crippen molar-refractivity contribution in [3.63, 3.8) is 0 Å². The largest absolute Gasteiger partial charge is 0.381 e. The zero-order valence-corrected chi connectivity index (χ0v) is 16.6. The lowest BCUT2D eigenvalue weighted by Gasteiger charge is -2.31. The average Bonchev–Trinajstić information content (AvgIpc) is 3.17. The maximum atomic E-state index is 6.01. The molecule has 0 amide bonds. The van der Waals surface area contributed by atoms with Crippen LogP contribution < -0.4 is 0 Å². The Balaban J connectivity index is 1.83. The number of hydrogen-bond donors (Lipinski definition) is 2. The van der Waals surface area contributed by atoms with E-state index < -0.39 is 0 Å². The Morgan fingerprint density at radius 2 is 1.20 bits per heavy atom. The Labute approximate surface area is 152 Å². The van der Waals surface area contributed by atoms with Crippen LogP contribution in [0.2, 0.25) is 0 Å². The quantitative estimate of drug-likeness (QED) is 0.669. The number of imidazole rings is 2. The van der Waals surface area contributed by atoms with E-state index in [1.165, 1.54) is 11.4 Å². The molecule has 0 aliphatic carbocycles. The second-order valence-electron chi connectivity index (χ2n) is 9.04. The molecule has 0 radical (unpaired) electrons. The van der Waals surface area contributed by atoms with Crippen LogP contribution in [-0.4, -0.2) is 33.1 Å². The van der Waals surface area contributed by atoms with E-state index in [1.54, 1.807) is 12.7 Å². The summed E-state index contributed by atoms with van der Waals surface area (Å²) in [6.07, 6.45) is 9.37. The number of nitrogens with one attached hydrogen (secondary N) is 2. The number of H-pyrrole nitrogens is 2. The smallest absolute Gasteiger partial charge is 0.0921 e. The Hall–Kier alpha value is -1.62. The topological polar surface area (TPSA) is 66.6 Å². The first-order valence-electron chi connectivity index (χ1n) is 9.24. The van der Waals surface area contributed by atoms with E-state index in [9.17, 15) is 0 Å². The molecule has 0 aliphatic heterocycles. The third-order valence-electron chi connectivity index (χ3n) is 4.98. The standard InChI is InChI=1S/C20H34N4O/c1-19(2,3)15(17-11-21-13-23-17)7-9-25-10-8-16(20(4,5)6)18-12-22-14-24-18/h11-16H,7-10H2,1-6H3,(H,21,23)(H,22,24). The summed E-state index contributed by atoms with van der Waals surface area (Å²) in [6, 6.07) is 0. The molecule has 2 aromatic rings. The molecular formula is C20H34N4O. The lowest BCUT2D eigenvalue weighted by Crippen LogP contribution is -2.22. The van der Waals surface area contributed by atoms with Crippen LogP contribution in [0.5, 0.6) is 0 Å². The van der Waals surface area contributed by atoms with E-state index in [4.69, 9.17) is 4.74 Å². The van der Waals surface area contributed by atoms with Crippen LogP contribution in [0.1, 0.15) is 77.6 Å². The second kappa shape index (κ2) is 8.17. The molecule has 0 aromatic carbocycles. The fourth-order valence-corrected chi connectivity index (χ4v) is 3.53. The predicted molar refractivity (Wildman–Crippen MR) is 102 cm³/mol. The normalized spacial score (nSPS) is 15.3. The van der Waals surface area contributed by atoms with Gasteiger partial charge in [0.15, 0.2) is 0 Å². The highest BCUT2D eigenvalue weighted by Crippen LogP contribution is 2.38. The highest BCUT2D eigenvalue weighted by molar-refractivity contribution is 5.08. The molecule has 0 saturated heterocycles. The van der Waals surface area contributed by atoms with Crippen molar-refractivity contribution in [2.45, 2.75) is 66.2 Å². The van der Waals surface area contributed by atoms with Gasteiger partial charge in [-0.1, -0.05) is 41.5 Å². The Bertz CT molecular complexity index is 536. The van der Waals surface area contributed by atoms with Gasteiger partial charge in [-0.2, -0.15) is 0 Å². The molecule has 2 heterocycles. The molecule has 2 aromatic heterocycles. The van der Waals surface area contributed by atoms with E-state index in [0.717, 1.165) is 26.1 Å². The molecule has 2 unspecified atom stereocenters. The van der Waals surface area contributed by atoms with Crippen molar-refractivity contribution in [2.75, 3.05) is 13.2 Å². The Morgan fingerprint density at radius 3 is 1.48 bits per heavy atom. The fourth-order valence-electron chi connectivity index (χ4n) is 3.53. The monoisotopic (exact) mass is 346 g/mol. The van der Waals surface area contributed by atoms with E-state index in [2.05, 4.69) is 61.5 Å². The summed E-state index contributed by atoms with van der Waals surface area (Å²) in [5, 5.41) is 0. The summed E-state index contributed by atoms with van der Waals surface area (Å²) >= 11 is 0. The lowest BCUT2D eigenvalue weighted by atomic mass is 9.77. The third-order valence-corrected chi connectivity index (χ3v) is 4.98. The first kappa shape index (κ1) is 19.7. The molecule has 0 fully saturated rings. The summed E-state index contributed by atoms with van der Waals surface area (Å²) < 4.78 is 6.01. The predicted octanol–water partition coefficient (Wildman–Crippen LogP) is 4.89. The molecule has 0 saturated carbocycles. The molecule has 25 heavy (non-hydrogen) atoms. The number of aromatic amines is 2. The van der Waals surface area contributed by atoms with E-state index in [0.29, 0.717) is 11.8 Å². The summed E-state index contributed by atoms with van der Waals surface area (Å²) in [5.74, 6) is 0.835. The van der Waals surface area contributed by atoms with E-state index >= 15 is 0 Å². The zero-order valence-electron chi connectivity index (χ0n) is 16.6. The number of nitrogens with zero attached hydrogens (tertiary/aromatic N) is 2. The number of rotatable bonds is 8. The van der Waals surface area contributed by atoms with Crippen LogP contribution in [-0.2, 0) is 4.74 Å². The number of ether oxygens (including phenoxy) is 1. The third kappa shape index (κ3) is 5.70. The van der Waals surface area contributed by atoms with Crippen LogP contribution in [0.15, 0.2) is 25.0 Å². The van der Waals surface area contributed by atoms with Crippen LogP contribution in [0.3, 0.4) is 0 Å². The van der Waals surface area contributed by atoms with Gasteiger partial charge < -0.3 is 14.7 Å². The Morgan fingerprint density at radius 1 is 0.800 bits per heavy atom. The molecule has 0 aliphatic rings. The van der Waals surface area contributed by atoms with E-state index in [-0.39, 0.29) is 10.8 Å². The van der Waals surface area contributed by atoms with Crippen molar-refractivity contribution < 1.29 is 4.74 Å². The highest BCUT2D eigenvalue weighted by Gasteiger charge is 2.28. The van der Waals surface area contributed by atoms with Crippen molar-refractivity contribution in [3.8, 4) is 0 Å². The molecule has 5 heteroatoms. The van der Waals surface area contributed by atoms with E-state index in [1.807, 2.05) is 12.4 Å². The van der Waals surface area contributed by atoms with Crippen LogP contribution in [0, 0.1) is 10.8 Å². The molecule has 2 rings (SSSR count). The molecule has 0 bridgehead atoms. The minimum atomic E-state index is 0.180. The first-order valence-corrected chi connectivity index (χ1v) is 9.24. The average molecular weight is 347 g/mol. The van der Waals surface area contributed by atoms with Crippen LogP contribution in [0.4, 0.5) is 0 Å². The molecule has 5 nitrogen and oxygen atoms in total. The number of aromatic nitrogens is 4. The van der Waals surface area contributed by atoms with Gasteiger partial charge in [0, 0.05) is 48.8 Å². The van der Waals surface area contributed by atoms with Crippen molar-refractivity contribution in [2.24, 2.45) is 10.8 Å². The molecule has 2 N–H and O–H groups in total. The van der Waals surface area contributed by atoms with Crippen molar-refractivity contribution in [3.05, 3.63) is 36.4 Å². The summed E-state index contributed by atoms with van der Waals surface area (Å²) in [4.78, 5) is 14.9. The zero-order chi connectivity index (χ0) is 18.5. The van der Waals surface area contributed by atoms with Crippen molar-refractivity contribution in [1.29, 1.82) is 0 Å². The van der Waals surface area contributed by atoms with Crippen molar-refractivity contribution >= 4 is 0 Å². The van der Waals surface area contributed by atoms with Gasteiger partial charge >= 0.3 is 0 Å². The summed E-state index contributed by atoms with van der Waals surface area (Å²) in [6.45, 7) is 15.2. The van der Waals surface area contributed by atoms with Crippen LogP contribution >= 0.6 is 0 Å². The molecular weight excluding hydrogens is 312 g/mol. The minimum absolute atomic E-state index is 0.180. The second-order valence-corrected chi connectivity index (χ2v) is 9.04. The molecule has 0 spiro atoms. The van der Waals surface area contributed by atoms with Gasteiger partial charge in [0.25, 0.3) is 0 Å². The highest BCUT2D eigenvalue weighted by atomic mass is 16.5. The lowest BCUT2D eigenvalue weighted by molar-refractivity contribution is 0.0978. The maximum Gasteiger partial charge on any atom is 0.0921 e. The van der Waals surface area contributed by atoms with Crippen molar-refractivity contribution in [1.82, 2.24) is 19.9 Å². The van der Waals surface area contributed by atoms with Gasteiger partial charge in [-0.15, -0.1) is 0 Å². The maximum absolute atomic E-state index is 6.01. The SMILES string of the molecule is CC(C)(C)C(CCOCCC(c1cnc[nH]1)C(C)(C)C)c1cnc[nH]1. The minimum Gasteiger partial charge on any atom is -0.381 e. The van der Waals surface area contributed by atoms with Gasteiger partial charge in [0.05, 0.1) is 12.7 Å².